The topological polar surface area (TPSA) is 66.8 Å². The molecule has 1 rings (SSSR count). The molecule has 4 nitrogen and oxygen atoms in total. The van der Waals surface area contributed by atoms with E-state index in [1.807, 2.05) is 0 Å². The van der Waals surface area contributed by atoms with Gasteiger partial charge in [-0.15, -0.1) is 0 Å². The molecule has 0 radical (unpaired) electrons. The van der Waals surface area contributed by atoms with Crippen molar-refractivity contribution in [1.82, 2.24) is 0 Å². The highest BCUT2D eigenvalue weighted by atomic mass is 16.5. The molecule has 0 saturated carbocycles. The number of methoxy groups -OCH3 is 1. The first-order valence-electron chi connectivity index (χ1n) is 4.35. The maximum absolute atomic E-state index is 10.3. The SMILES string of the molecule is COc1cc(C=CC(=O)O)cc(CO)c1. The Hall–Kier alpha value is -1.81. The molecular formula is C11H12O4. The molecule has 0 aliphatic carbocycles. The third kappa shape index (κ3) is 3.44. The quantitative estimate of drug-likeness (QED) is 0.731. The van der Waals surface area contributed by atoms with Gasteiger partial charge < -0.3 is 14.9 Å². The maximum Gasteiger partial charge on any atom is 0.328 e. The summed E-state index contributed by atoms with van der Waals surface area (Å²) in [6.07, 6.45) is 2.49. The van der Waals surface area contributed by atoms with E-state index in [2.05, 4.69) is 0 Å². The van der Waals surface area contributed by atoms with E-state index in [1.165, 1.54) is 13.2 Å². The number of aliphatic hydroxyl groups excluding tert-OH is 1. The molecule has 0 aliphatic heterocycles. The summed E-state index contributed by atoms with van der Waals surface area (Å²) < 4.78 is 5.01. The van der Waals surface area contributed by atoms with Crippen molar-refractivity contribution in [2.24, 2.45) is 0 Å². The number of benzene rings is 1. The molecule has 0 unspecified atom stereocenters. The van der Waals surface area contributed by atoms with Crippen molar-refractivity contribution in [3.05, 3.63) is 35.4 Å². The van der Waals surface area contributed by atoms with E-state index in [-0.39, 0.29) is 6.61 Å². The number of ether oxygens (including phenoxy) is 1. The van der Waals surface area contributed by atoms with Crippen LogP contribution in [0, 0.1) is 0 Å². The Bertz CT molecular complexity index is 360. The fourth-order valence-electron chi connectivity index (χ4n) is 1.16. The summed E-state index contributed by atoms with van der Waals surface area (Å²) in [5.41, 5.74) is 1.36. The summed E-state index contributed by atoms with van der Waals surface area (Å²) in [6, 6.07) is 5.08. The summed E-state index contributed by atoms with van der Waals surface area (Å²) in [5, 5.41) is 17.4. The van der Waals surface area contributed by atoms with E-state index >= 15 is 0 Å². The summed E-state index contributed by atoms with van der Waals surface area (Å²) in [5.74, 6) is -0.421. The van der Waals surface area contributed by atoms with Crippen LogP contribution in [-0.4, -0.2) is 23.3 Å². The van der Waals surface area contributed by atoms with Gasteiger partial charge in [-0.05, 0) is 35.4 Å². The molecule has 0 aromatic heterocycles. The molecule has 0 saturated heterocycles. The van der Waals surface area contributed by atoms with Crippen LogP contribution in [0.1, 0.15) is 11.1 Å². The molecule has 0 amide bonds. The van der Waals surface area contributed by atoms with Crippen LogP contribution in [0.25, 0.3) is 6.08 Å². The minimum atomic E-state index is -1.01. The number of carboxylic acids is 1. The predicted molar refractivity (Wildman–Crippen MR) is 55.6 cm³/mol. The number of carbonyl (C=O) groups is 1. The van der Waals surface area contributed by atoms with Gasteiger partial charge in [-0.25, -0.2) is 4.79 Å². The third-order valence-electron chi connectivity index (χ3n) is 1.83. The van der Waals surface area contributed by atoms with Crippen molar-refractivity contribution in [2.75, 3.05) is 7.11 Å². The Balaban J connectivity index is 3.01. The van der Waals surface area contributed by atoms with Crippen LogP contribution >= 0.6 is 0 Å². The Morgan fingerprint density at radius 1 is 1.47 bits per heavy atom. The Kier molecular flexibility index (Phi) is 3.88. The highest BCUT2D eigenvalue weighted by molar-refractivity contribution is 5.85. The lowest BCUT2D eigenvalue weighted by Gasteiger charge is -2.04. The zero-order valence-corrected chi connectivity index (χ0v) is 8.30. The molecule has 0 bridgehead atoms. The van der Waals surface area contributed by atoms with Crippen LogP contribution in [0.15, 0.2) is 24.3 Å². The van der Waals surface area contributed by atoms with Crippen LogP contribution < -0.4 is 4.74 Å². The van der Waals surface area contributed by atoms with Crippen LogP contribution in [0.5, 0.6) is 5.75 Å². The molecule has 1 aromatic carbocycles. The zero-order chi connectivity index (χ0) is 11.3. The number of hydrogen-bond acceptors (Lipinski definition) is 3. The van der Waals surface area contributed by atoms with Crippen LogP contribution in [0.3, 0.4) is 0 Å². The summed E-state index contributed by atoms with van der Waals surface area (Å²) >= 11 is 0. The number of aliphatic carboxylic acids is 1. The van der Waals surface area contributed by atoms with E-state index in [1.54, 1.807) is 18.2 Å². The summed E-state index contributed by atoms with van der Waals surface area (Å²) in [4.78, 5) is 10.3. The minimum absolute atomic E-state index is 0.106. The van der Waals surface area contributed by atoms with Crippen molar-refractivity contribution >= 4 is 12.0 Å². The van der Waals surface area contributed by atoms with E-state index in [9.17, 15) is 4.79 Å². The first-order valence-corrected chi connectivity index (χ1v) is 4.35. The number of aliphatic hydroxyl groups is 1. The van der Waals surface area contributed by atoms with Crippen molar-refractivity contribution in [3.8, 4) is 5.75 Å². The second kappa shape index (κ2) is 5.17. The Morgan fingerprint density at radius 2 is 2.20 bits per heavy atom. The number of carboxylic acid groups (broad SMARTS) is 1. The van der Waals surface area contributed by atoms with Gasteiger partial charge >= 0.3 is 5.97 Å². The monoisotopic (exact) mass is 208 g/mol. The smallest absolute Gasteiger partial charge is 0.328 e. The van der Waals surface area contributed by atoms with Crippen molar-refractivity contribution in [2.45, 2.75) is 6.61 Å². The van der Waals surface area contributed by atoms with Gasteiger partial charge in [0, 0.05) is 6.08 Å². The molecule has 1 aromatic rings. The second-order valence-corrected chi connectivity index (χ2v) is 2.94. The molecule has 0 atom stereocenters. The first kappa shape index (κ1) is 11.3. The lowest BCUT2D eigenvalue weighted by molar-refractivity contribution is -0.131. The van der Waals surface area contributed by atoms with Crippen LogP contribution in [-0.2, 0) is 11.4 Å². The number of hydrogen-bond donors (Lipinski definition) is 2. The van der Waals surface area contributed by atoms with Crippen LogP contribution in [0.2, 0.25) is 0 Å². The average molecular weight is 208 g/mol. The molecule has 80 valence electrons. The van der Waals surface area contributed by atoms with E-state index in [4.69, 9.17) is 14.9 Å². The van der Waals surface area contributed by atoms with Gasteiger partial charge in [-0.2, -0.15) is 0 Å². The first-order chi connectivity index (χ1) is 7.15. The molecule has 0 spiro atoms. The molecule has 0 heterocycles. The van der Waals surface area contributed by atoms with Gasteiger partial charge in [-0.3, -0.25) is 0 Å². The largest absolute Gasteiger partial charge is 0.497 e. The van der Waals surface area contributed by atoms with Gasteiger partial charge in [0.05, 0.1) is 13.7 Å². The van der Waals surface area contributed by atoms with Gasteiger partial charge in [0.2, 0.25) is 0 Å². The average Bonchev–Trinajstić information content (AvgIpc) is 2.25. The number of rotatable bonds is 4. The van der Waals surface area contributed by atoms with Gasteiger partial charge in [0.1, 0.15) is 5.75 Å². The molecule has 2 N–H and O–H groups in total. The van der Waals surface area contributed by atoms with Crippen molar-refractivity contribution in [1.29, 1.82) is 0 Å². The maximum atomic E-state index is 10.3. The van der Waals surface area contributed by atoms with Crippen molar-refractivity contribution in [3.63, 3.8) is 0 Å². The normalized spacial score (nSPS) is 10.5. The fraction of sp³-hybridized carbons (Fsp3) is 0.182. The summed E-state index contributed by atoms with van der Waals surface area (Å²) in [7, 11) is 1.52. The van der Waals surface area contributed by atoms with E-state index < -0.39 is 5.97 Å². The van der Waals surface area contributed by atoms with Gasteiger partial charge in [0.25, 0.3) is 0 Å². The second-order valence-electron chi connectivity index (χ2n) is 2.94. The highest BCUT2D eigenvalue weighted by Crippen LogP contribution is 2.18. The molecule has 0 fully saturated rings. The molecular weight excluding hydrogens is 196 g/mol. The summed E-state index contributed by atoms with van der Waals surface area (Å²) in [6.45, 7) is -0.106. The Labute approximate surface area is 87.4 Å². The lowest BCUT2D eigenvalue weighted by atomic mass is 10.1. The lowest BCUT2D eigenvalue weighted by Crippen LogP contribution is -1.90. The zero-order valence-electron chi connectivity index (χ0n) is 8.30. The molecule has 0 aliphatic rings. The minimum Gasteiger partial charge on any atom is -0.497 e. The molecule has 15 heavy (non-hydrogen) atoms. The highest BCUT2D eigenvalue weighted by Gasteiger charge is 1.99. The Morgan fingerprint density at radius 3 is 2.73 bits per heavy atom. The molecule has 4 heteroatoms. The van der Waals surface area contributed by atoms with Gasteiger partial charge in [-0.1, -0.05) is 0 Å². The van der Waals surface area contributed by atoms with Crippen molar-refractivity contribution < 1.29 is 19.7 Å². The standard InChI is InChI=1S/C11H12O4/c1-15-10-5-8(2-3-11(13)14)4-9(6-10)7-12/h2-6,12H,7H2,1H3,(H,13,14). The fourth-order valence-corrected chi connectivity index (χ4v) is 1.16. The third-order valence-corrected chi connectivity index (χ3v) is 1.83. The van der Waals surface area contributed by atoms with E-state index in [0.29, 0.717) is 16.9 Å². The van der Waals surface area contributed by atoms with Crippen LogP contribution in [0.4, 0.5) is 0 Å². The van der Waals surface area contributed by atoms with E-state index in [0.717, 1.165) is 6.08 Å². The van der Waals surface area contributed by atoms with Gasteiger partial charge in [0.15, 0.2) is 0 Å². The predicted octanol–water partition coefficient (Wildman–Crippen LogP) is 1.29.